The van der Waals surface area contributed by atoms with Gasteiger partial charge in [0.25, 0.3) is 0 Å². The predicted molar refractivity (Wildman–Crippen MR) is 81.8 cm³/mol. The van der Waals surface area contributed by atoms with Crippen LogP contribution in [0.2, 0.25) is 0 Å². The van der Waals surface area contributed by atoms with Crippen molar-refractivity contribution in [2.45, 2.75) is 32.1 Å². The molecule has 0 bridgehead atoms. The summed E-state index contributed by atoms with van der Waals surface area (Å²) in [7, 11) is 0. The van der Waals surface area contributed by atoms with Crippen LogP contribution in [-0.4, -0.2) is 33.7 Å². The molecular formula is C16H19N3O4. The maximum atomic E-state index is 11.8. The van der Waals surface area contributed by atoms with E-state index in [4.69, 9.17) is 4.52 Å². The SMILES string of the molecule is Cc1noc(CCCC(=O)NCC(C(=O)O)c2ccccc2)n1. The summed E-state index contributed by atoms with van der Waals surface area (Å²) >= 11 is 0. The van der Waals surface area contributed by atoms with Crippen molar-refractivity contribution in [3.63, 3.8) is 0 Å². The summed E-state index contributed by atoms with van der Waals surface area (Å²) in [5, 5.41) is 15.6. The zero-order valence-corrected chi connectivity index (χ0v) is 12.9. The molecule has 1 heterocycles. The second-order valence-electron chi connectivity index (χ2n) is 5.19. The van der Waals surface area contributed by atoms with Crippen molar-refractivity contribution in [3.05, 3.63) is 47.6 Å². The van der Waals surface area contributed by atoms with Gasteiger partial charge in [0, 0.05) is 19.4 Å². The highest BCUT2D eigenvalue weighted by atomic mass is 16.5. The van der Waals surface area contributed by atoms with Crippen molar-refractivity contribution in [2.75, 3.05) is 6.54 Å². The van der Waals surface area contributed by atoms with E-state index >= 15 is 0 Å². The van der Waals surface area contributed by atoms with Gasteiger partial charge in [0.1, 0.15) is 0 Å². The van der Waals surface area contributed by atoms with E-state index in [1.54, 1.807) is 31.2 Å². The summed E-state index contributed by atoms with van der Waals surface area (Å²) in [4.78, 5) is 27.2. The zero-order valence-electron chi connectivity index (χ0n) is 12.9. The van der Waals surface area contributed by atoms with Crippen LogP contribution < -0.4 is 5.32 Å². The smallest absolute Gasteiger partial charge is 0.312 e. The molecule has 2 rings (SSSR count). The lowest BCUT2D eigenvalue weighted by atomic mass is 9.99. The van der Waals surface area contributed by atoms with Crippen LogP contribution in [0.5, 0.6) is 0 Å². The molecular weight excluding hydrogens is 298 g/mol. The van der Waals surface area contributed by atoms with E-state index in [2.05, 4.69) is 15.5 Å². The number of carbonyl (C=O) groups is 2. The molecule has 7 heteroatoms. The molecule has 1 unspecified atom stereocenters. The minimum absolute atomic E-state index is 0.0673. The van der Waals surface area contributed by atoms with Gasteiger partial charge in [0.2, 0.25) is 11.8 Å². The minimum atomic E-state index is -0.960. The van der Waals surface area contributed by atoms with Crippen LogP contribution in [0, 0.1) is 6.92 Å². The number of aryl methyl sites for hydroxylation is 2. The summed E-state index contributed by atoms with van der Waals surface area (Å²) in [6.45, 7) is 1.80. The Bertz CT molecular complexity index is 654. The van der Waals surface area contributed by atoms with Crippen molar-refractivity contribution in [2.24, 2.45) is 0 Å². The van der Waals surface area contributed by atoms with Crippen LogP contribution in [-0.2, 0) is 16.0 Å². The molecule has 2 aromatic rings. The molecule has 0 aliphatic carbocycles. The normalized spacial score (nSPS) is 11.9. The minimum Gasteiger partial charge on any atom is -0.481 e. The summed E-state index contributed by atoms with van der Waals surface area (Å²) in [6.07, 6.45) is 1.37. The second kappa shape index (κ2) is 8.07. The lowest BCUT2D eigenvalue weighted by molar-refractivity contribution is -0.138. The van der Waals surface area contributed by atoms with E-state index in [1.807, 2.05) is 6.07 Å². The van der Waals surface area contributed by atoms with Crippen LogP contribution in [0.3, 0.4) is 0 Å². The maximum Gasteiger partial charge on any atom is 0.312 e. The molecule has 1 atom stereocenters. The molecule has 0 saturated carbocycles. The van der Waals surface area contributed by atoms with Crippen molar-refractivity contribution >= 4 is 11.9 Å². The summed E-state index contributed by atoms with van der Waals surface area (Å²) < 4.78 is 4.96. The van der Waals surface area contributed by atoms with Gasteiger partial charge in [-0.15, -0.1) is 0 Å². The third kappa shape index (κ3) is 5.21. The Hall–Kier alpha value is -2.70. The number of rotatable bonds is 8. The monoisotopic (exact) mass is 317 g/mol. The number of aromatic nitrogens is 2. The van der Waals surface area contributed by atoms with Crippen LogP contribution in [0.4, 0.5) is 0 Å². The van der Waals surface area contributed by atoms with Gasteiger partial charge in [0.15, 0.2) is 5.82 Å². The van der Waals surface area contributed by atoms with Gasteiger partial charge in [-0.05, 0) is 18.9 Å². The predicted octanol–water partition coefficient (Wildman–Crippen LogP) is 1.69. The molecule has 0 radical (unpaired) electrons. The first-order valence-electron chi connectivity index (χ1n) is 7.40. The fourth-order valence-electron chi connectivity index (χ4n) is 2.18. The van der Waals surface area contributed by atoms with Crippen LogP contribution in [0.25, 0.3) is 0 Å². The van der Waals surface area contributed by atoms with Crippen LogP contribution in [0.15, 0.2) is 34.9 Å². The largest absolute Gasteiger partial charge is 0.481 e. The second-order valence-corrected chi connectivity index (χ2v) is 5.19. The molecule has 122 valence electrons. The first-order chi connectivity index (χ1) is 11.1. The molecule has 0 aliphatic rings. The average Bonchev–Trinajstić information content (AvgIpc) is 2.94. The highest BCUT2D eigenvalue weighted by molar-refractivity contribution is 5.79. The van der Waals surface area contributed by atoms with Crippen molar-refractivity contribution in [1.29, 1.82) is 0 Å². The fourth-order valence-corrected chi connectivity index (χ4v) is 2.18. The molecule has 1 aromatic carbocycles. The number of benzene rings is 1. The van der Waals surface area contributed by atoms with Crippen molar-refractivity contribution < 1.29 is 19.2 Å². The van der Waals surface area contributed by atoms with Gasteiger partial charge >= 0.3 is 5.97 Å². The molecule has 0 fully saturated rings. The average molecular weight is 317 g/mol. The quantitative estimate of drug-likeness (QED) is 0.767. The number of amides is 1. The maximum absolute atomic E-state index is 11.8. The topological polar surface area (TPSA) is 105 Å². The molecule has 0 spiro atoms. The molecule has 2 N–H and O–H groups in total. The summed E-state index contributed by atoms with van der Waals surface area (Å²) in [5.74, 6) is -0.834. The number of carboxylic acids is 1. The van der Waals surface area contributed by atoms with E-state index in [0.717, 1.165) is 0 Å². The third-order valence-corrected chi connectivity index (χ3v) is 3.37. The van der Waals surface area contributed by atoms with E-state index in [0.29, 0.717) is 30.1 Å². The Morgan fingerprint density at radius 2 is 2.04 bits per heavy atom. The lowest BCUT2D eigenvalue weighted by Gasteiger charge is -2.13. The highest BCUT2D eigenvalue weighted by Gasteiger charge is 2.20. The highest BCUT2D eigenvalue weighted by Crippen LogP contribution is 2.14. The van der Waals surface area contributed by atoms with Crippen LogP contribution >= 0.6 is 0 Å². The molecule has 0 saturated heterocycles. The van der Waals surface area contributed by atoms with Gasteiger partial charge in [-0.2, -0.15) is 4.98 Å². The number of nitrogens with zero attached hydrogens (tertiary/aromatic N) is 2. The number of nitrogens with one attached hydrogen (secondary N) is 1. The number of carbonyl (C=O) groups excluding carboxylic acids is 1. The Kier molecular flexibility index (Phi) is 5.85. The molecule has 1 aromatic heterocycles. The van der Waals surface area contributed by atoms with Gasteiger partial charge in [0.05, 0.1) is 5.92 Å². The number of hydrogen-bond acceptors (Lipinski definition) is 5. The first-order valence-corrected chi connectivity index (χ1v) is 7.40. The van der Waals surface area contributed by atoms with E-state index in [9.17, 15) is 14.7 Å². The van der Waals surface area contributed by atoms with E-state index < -0.39 is 11.9 Å². The van der Waals surface area contributed by atoms with Gasteiger partial charge in [-0.1, -0.05) is 35.5 Å². The Labute approximate surface area is 133 Å². The third-order valence-electron chi connectivity index (χ3n) is 3.37. The van der Waals surface area contributed by atoms with Gasteiger partial charge in [-0.3, -0.25) is 9.59 Å². The standard InChI is InChI=1S/C16H19N3O4/c1-11-18-15(23-19-11)9-5-8-14(20)17-10-13(16(21)22)12-6-3-2-4-7-12/h2-4,6-7,13H,5,8-10H2,1H3,(H,17,20)(H,21,22). The van der Waals surface area contributed by atoms with Gasteiger partial charge < -0.3 is 14.9 Å². The zero-order chi connectivity index (χ0) is 16.7. The van der Waals surface area contributed by atoms with Crippen molar-refractivity contribution in [1.82, 2.24) is 15.5 Å². The fraction of sp³-hybridized carbons (Fsp3) is 0.375. The van der Waals surface area contributed by atoms with Crippen molar-refractivity contribution in [3.8, 4) is 0 Å². The first kappa shape index (κ1) is 16.7. The number of carboxylic acid groups (broad SMARTS) is 1. The Balaban J connectivity index is 1.77. The van der Waals surface area contributed by atoms with E-state index in [-0.39, 0.29) is 18.9 Å². The van der Waals surface area contributed by atoms with Crippen LogP contribution in [0.1, 0.15) is 36.0 Å². The Morgan fingerprint density at radius 1 is 1.30 bits per heavy atom. The lowest BCUT2D eigenvalue weighted by Crippen LogP contribution is -2.31. The summed E-state index contributed by atoms with van der Waals surface area (Å²) in [6, 6.07) is 8.85. The Morgan fingerprint density at radius 3 is 2.65 bits per heavy atom. The molecule has 0 aliphatic heterocycles. The molecule has 23 heavy (non-hydrogen) atoms. The number of aliphatic carboxylic acids is 1. The molecule has 7 nitrogen and oxygen atoms in total. The number of hydrogen-bond donors (Lipinski definition) is 2. The summed E-state index contributed by atoms with van der Waals surface area (Å²) in [5.41, 5.74) is 0.668. The molecule has 1 amide bonds. The van der Waals surface area contributed by atoms with E-state index in [1.165, 1.54) is 0 Å². The van der Waals surface area contributed by atoms with Gasteiger partial charge in [-0.25, -0.2) is 0 Å².